The van der Waals surface area contributed by atoms with Gasteiger partial charge in [-0.2, -0.15) is 0 Å². The number of fused-ring (bicyclic) bond motifs is 1. The van der Waals surface area contributed by atoms with Crippen molar-refractivity contribution >= 4 is 10.8 Å². The number of hydrogen-bond donors (Lipinski definition) is 1. The van der Waals surface area contributed by atoms with Gasteiger partial charge >= 0.3 is 0 Å². The highest BCUT2D eigenvalue weighted by atomic mass is 16.5. The molecule has 3 aromatic rings. The summed E-state index contributed by atoms with van der Waals surface area (Å²) in [4.78, 5) is 0. The van der Waals surface area contributed by atoms with E-state index < -0.39 is 0 Å². The quantitative estimate of drug-likeness (QED) is 0.759. The predicted octanol–water partition coefficient (Wildman–Crippen LogP) is 4.29. The topological polar surface area (TPSA) is 48.4 Å². The molecule has 0 fully saturated rings. The molecular formula is C18H19NO2. The zero-order valence-electron chi connectivity index (χ0n) is 12.0. The Hall–Kier alpha value is -2.26. The van der Waals surface area contributed by atoms with Crippen molar-refractivity contribution in [3.8, 4) is 5.75 Å². The molecule has 0 aliphatic heterocycles. The van der Waals surface area contributed by atoms with Crippen LogP contribution in [0.4, 0.5) is 0 Å². The van der Waals surface area contributed by atoms with Gasteiger partial charge in [0, 0.05) is 11.4 Å². The number of rotatable bonds is 5. The van der Waals surface area contributed by atoms with Crippen LogP contribution < -0.4 is 10.5 Å². The van der Waals surface area contributed by atoms with Gasteiger partial charge in [-0.15, -0.1) is 0 Å². The van der Waals surface area contributed by atoms with Crippen molar-refractivity contribution in [2.24, 2.45) is 5.73 Å². The van der Waals surface area contributed by atoms with Gasteiger partial charge in [-0.05, 0) is 30.0 Å². The van der Waals surface area contributed by atoms with Crippen molar-refractivity contribution in [2.75, 3.05) is 0 Å². The molecule has 1 heterocycles. The van der Waals surface area contributed by atoms with Crippen LogP contribution in [0.25, 0.3) is 10.8 Å². The maximum Gasteiger partial charge on any atom is 0.171 e. The Labute approximate surface area is 124 Å². The summed E-state index contributed by atoms with van der Waals surface area (Å²) in [7, 11) is 0. The second-order valence-electron chi connectivity index (χ2n) is 5.10. The highest BCUT2D eigenvalue weighted by Crippen LogP contribution is 2.31. The maximum absolute atomic E-state index is 6.22. The van der Waals surface area contributed by atoms with Gasteiger partial charge in [0.1, 0.15) is 11.5 Å². The molecule has 0 aliphatic rings. The van der Waals surface area contributed by atoms with E-state index >= 15 is 0 Å². The van der Waals surface area contributed by atoms with Gasteiger partial charge in [-0.1, -0.05) is 43.3 Å². The molecule has 2 N–H and O–H groups in total. The molecule has 108 valence electrons. The fraction of sp³-hybridized carbons (Fsp3) is 0.222. The third-order valence-corrected chi connectivity index (χ3v) is 3.69. The van der Waals surface area contributed by atoms with E-state index in [2.05, 4.69) is 18.2 Å². The summed E-state index contributed by atoms with van der Waals surface area (Å²) in [6.45, 7) is 2.05. The Bertz CT molecular complexity index is 701. The van der Waals surface area contributed by atoms with Gasteiger partial charge < -0.3 is 14.9 Å². The van der Waals surface area contributed by atoms with Crippen LogP contribution in [0.15, 0.2) is 65.3 Å². The predicted molar refractivity (Wildman–Crippen MR) is 84.3 cm³/mol. The Morgan fingerprint density at radius 3 is 2.62 bits per heavy atom. The molecule has 0 bridgehead atoms. The molecule has 3 nitrogen and oxygen atoms in total. The third kappa shape index (κ3) is 2.78. The van der Waals surface area contributed by atoms with Crippen LogP contribution in [-0.2, 0) is 0 Å². The number of benzene rings is 2. The zero-order valence-corrected chi connectivity index (χ0v) is 12.0. The van der Waals surface area contributed by atoms with E-state index in [0.29, 0.717) is 0 Å². The van der Waals surface area contributed by atoms with E-state index in [9.17, 15) is 0 Å². The maximum atomic E-state index is 6.22. The van der Waals surface area contributed by atoms with Crippen molar-refractivity contribution in [3.05, 3.63) is 66.6 Å². The van der Waals surface area contributed by atoms with E-state index in [1.807, 2.05) is 43.3 Å². The summed E-state index contributed by atoms with van der Waals surface area (Å²) >= 11 is 0. The molecular weight excluding hydrogens is 262 g/mol. The van der Waals surface area contributed by atoms with Crippen LogP contribution >= 0.6 is 0 Å². The second kappa shape index (κ2) is 6.02. The van der Waals surface area contributed by atoms with E-state index in [4.69, 9.17) is 14.9 Å². The molecule has 0 spiro atoms. The molecule has 0 saturated carbocycles. The first-order chi connectivity index (χ1) is 10.3. The first-order valence-corrected chi connectivity index (χ1v) is 7.23. The third-order valence-electron chi connectivity index (χ3n) is 3.69. The van der Waals surface area contributed by atoms with E-state index in [1.165, 1.54) is 0 Å². The van der Waals surface area contributed by atoms with Crippen LogP contribution in [0.2, 0.25) is 0 Å². The first-order valence-electron chi connectivity index (χ1n) is 7.23. The summed E-state index contributed by atoms with van der Waals surface area (Å²) in [6, 6.07) is 17.9. The lowest BCUT2D eigenvalue weighted by Crippen LogP contribution is -2.31. The van der Waals surface area contributed by atoms with Gasteiger partial charge in [0.05, 0.1) is 6.26 Å². The SMILES string of the molecule is CCC(N)C(Oc1cccc2ccccc12)c1ccco1. The fourth-order valence-electron chi connectivity index (χ4n) is 2.46. The minimum atomic E-state index is -0.282. The van der Waals surface area contributed by atoms with Crippen molar-refractivity contribution < 1.29 is 9.15 Å². The Balaban J connectivity index is 1.98. The van der Waals surface area contributed by atoms with E-state index in [0.717, 1.165) is 28.7 Å². The van der Waals surface area contributed by atoms with Crippen LogP contribution in [0.3, 0.4) is 0 Å². The molecule has 0 radical (unpaired) electrons. The number of furan rings is 1. The Morgan fingerprint density at radius 1 is 1.05 bits per heavy atom. The largest absolute Gasteiger partial charge is 0.480 e. The Morgan fingerprint density at radius 2 is 1.86 bits per heavy atom. The second-order valence-corrected chi connectivity index (χ2v) is 5.10. The van der Waals surface area contributed by atoms with Crippen LogP contribution in [0.1, 0.15) is 25.2 Å². The summed E-state index contributed by atoms with van der Waals surface area (Å²) < 4.78 is 11.7. The molecule has 1 aromatic heterocycles. The first kappa shape index (κ1) is 13.7. The van der Waals surface area contributed by atoms with Crippen molar-refractivity contribution in [1.82, 2.24) is 0 Å². The Kier molecular flexibility index (Phi) is 3.93. The summed E-state index contributed by atoms with van der Waals surface area (Å²) in [5.41, 5.74) is 6.22. The zero-order chi connectivity index (χ0) is 14.7. The van der Waals surface area contributed by atoms with Crippen molar-refractivity contribution in [3.63, 3.8) is 0 Å². The lowest BCUT2D eigenvalue weighted by Gasteiger charge is -2.23. The van der Waals surface area contributed by atoms with Crippen LogP contribution in [0, 0.1) is 0 Å². The number of ether oxygens (including phenoxy) is 1. The molecule has 3 heteroatoms. The average Bonchev–Trinajstić information content (AvgIpc) is 3.06. The molecule has 0 saturated heterocycles. The monoisotopic (exact) mass is 281 g/mol. The van der Waals surface area contributed by atoms with Gasteiger partial charge in [0.2, 0.25) is 0 Å². The molecule has 2 atom stereocenters. The highest BCUT2D eigenvalue weighted by Gasteiger charge is 2.23. The summed E-state index contributed by atoms with van der Waals surface area (Å²) in [6.07, 6.45) is 2.18. The fourth-order valence-corrected chi connectivity index (χ4v) is 2.46. The minimum Gasteiger partial charge on any atom is -0.480 e. The van der Waals surface area contributed by atoms with Gasteiger partial charge in [0.15, 0.2) is 6.10 Å². The molecule has 2 unspecified atom stereocenters. The molecule has 0 aliphatic carbocycles. The van der Waals surface area contributed by atoms with E-state index in [1.54, 1.807) is 6.26 Å². The normalized spacial score (nSPS) is 14.0. The smallest absolute Gasteiger partial charge is 0.171 e. The van der Waals surface area contributed by atoms with Crippen molar-refractivity contribution in [2.45, 2.75) is 25.5 Å². The lowest BCUT2D eigenvalue weighted by atomic mass is 10.1. The van der Waals surface area contributed by atoms with Crippen LogP contribution in [0.5, 0.6) is 5.75 Å². The highest BCUT2D eigenvalue weighted by molar-refractivity contribution is 5.88. The lowest BCUT2D eigenvalue weighted by molar-refractivity contribution is 0.147. The molecule has 21 heavy (non-hydrogen) atoms. The number of hydrogen-bond acceptors (Lipinski definition) is 3. The molecule has 3 rings (SSSR count). The molecule has 0 amide bonds. The summed E-state index contributed by atoms with van der Waals surface area (Å²) in [5.74, 6) is 1.59. The van der Waals surface area contributed by atoms with Crippen molar-refractivity contribution in [1.29, 1.82) is 0 Å². The number of nitrogens with two attached hydrogens (primary N) is 1. The van der Waals surface area contributed by atoms with Crippen LogP contribution in [-0.4, -0.2) is 6.04 Å². The summed E-state index contributed by atoms with van der Waals surface area (Å²) in [5, 5.41) is 2.23. The van der Waals surface area contributed by atoms with Gasteiger partial charge in [-0.25, -0.2) is 0 Å². The van der Waals surface area contributed by atoms with Gasteiger partial charge in [-0.3, -0.25) is 0 Å². The van der Waals surface area contributed by atoms with E-state index in [-0.39, 0.29) is 12.1 Å². The minimum absolute atomic E-state index is 0.116. The standard InChI is InChI=1S/C18H19NO2/c1-2-15(19)18(17-11-6-12-20-17)21-16-10-5-8-13-7-3-4-9-14(13)16/h3-12,15,18H,2,19H2,1H3. The van der Waals surface area contributed by atoms with Gasteiger partial charge in [0.25, 0.3) is 0 Å². The average molecular weight is 281 g/mol. The molecule has 2 aromatic carbocycles.